The van der Waals surface area contributed by atoms with Crippen molar-refractivity contribution >= 4 is 34.6 Å². The second kappa shape index (κ2) is 9.86. The Kier molecular flexibility index (Phi) is 6.74. The third kappa shape index (κ3) is 4.90. The van der Waals surface area contributed by atoms with E-state index >= 15 is 0 Å². The normalized spacial score (nSPS) is 15.9. The van der Waals surface area contributed by atoms with Crippen molar-refractivity contribution in [2.24, 2.45) is 0 Å². The summed E-state index contributed by atoms with van der Waals surface area (Å²) < 4.78 is 10.2. The molecule has 2 aliphatic heterocycles. The lowest BCUT2D eigenvalue weighted by Crippen LogP contribution is -2.36. The highest BCUT2D eigenvalue weighted by atomic mass is 16.6. The Morgan fingerprint density at radius 2 is 1.61 bits per heavy atom. The van der Waals surface area contributed by atoms with Gasteiger partial charge in [0.25, 0.3) is 11.6 Å². The third-order valence-electron chi connectivity index (χ3n) is 5.90. The van der Waals surface area contributed by atoms with Crippen LogP contribution >= 0.6 is 0 Å². The van der Waals surface area contributed by atoms with E-state index in [2.05, 4.69) is 10.2 Å². The summed E-state index contributed by atoms with van der Waals surface area (Å²) in [5.41, 5.74) is 2.05. The zero-order valence-corrected chi connectivity index (χ0v) is 18.4. The number of benzene rings is 2. The number of nitrogens with one attached hydrogen (secondary N) is 1. The van der Waals surface area contributed by atoms with Crippen molar-refractivity contribution in [3.8, 4) is 0 Å². The van der Waals surface area contributed by atoms with Crippen LogP contribution in [0.1, 0.15) is 33.6 Å². The Morgan fingerprint density at radius 3 is 2.27 bits per heavy atom. The van der Waals surface area contributed by atoms with Gasteiger partial charge in [-0.3, -0.25) is 14.9 Å². The van der Waals surface area contributed by atoms with Gasteiger partial charge in [0.15, 0.2) is 0 Å². The smallest absolute Gasteiger partial charge is 0.337 e. The number of nitro benzene ring substituents is 1. The molecular weight excluding hydrogens is 428 g/mol. The second-order valence-electron chi connectivity index (χ2n) is 7.93. The molecule has 1 amide bonds. The van der Waals surface area contributed by atoms with Gasteiger partial charge in [-0.25, -0.2) is 4.79 Å². The van der Waals surface area contributed by atoms with Crippen LogP contribution in [0.25, 0.3) is 0 Å². The molecule has 2 aliphatic rings. The summed E-state index contributed by atoms with van der Waals surface area (Å²) in [4.78, 5) is 40.4. The first-order valence-electron chi connectivity index (χ1n) is 10.9. The summed E-state index contributed by atoms with van der Waals surface area (Å²) in [6.07, 6.45) is 1.97. The first-order chi connectivity index (χ1) is 16.0. The highest BCUT2D eigenvalue weighted by molar-refractivity contribution is 6.07. The molecule has 0 atom stereocenters. The van der Waals surface area contributed by atoms with Crippen molar-refractivity contribution in [2.75, 3.05) is 61.6 Å². The molecule has 0 spiro atoms. The molecule has 0 aliphatic carbocycles. The molecule has 10 heteroatoms. The average molecular weight is 454 g/mol. The number of nitrogens with zero attached hydrogens (tertiary/aromatic N) is 3. The zero-order chi connectivity index (χ0) is 23.4. The minimum Gasteiger partial charge on any atom is -0.465 e. The number of morpholine rings is 1. The van der Waals surface area contributed by atoms with E-state index in [0.29, 0.717) is 43.2 Å². The number of hydrogen-bond acceptors (Lipinski definition) is 8. The first kappa shape index (κ1) is 22.5. The molecule has 2 heterocycles. The van der Waals surface area contributed by atoms with E-state index in [1.165, 1.54) is 13.2 Å². The minimum atomic E-state index is -0.523. The number of amides is 1. The standard InChI is InChI=1S/C23H26N4O6/c1-32-23(29)17-5-6-19(26-10-12-33-13-11-26)18(14-17)24-22(28)16-4-7-20(21(15-16)27(30)31)25-8-2-3-9-25/h4-7,14-15H,2-3,8-13H2,1H3,(H,24,28). The quantitative estimate of drug-likeness (QED) is 0.402. The van der Waals surface area contributed by atoms with E-state index in [0.717, 1.165) is 31.6 Å². The molecule has 2 saturated heterocycles. The van der Waals surface area contributed by atoms with Gasteiger partial charge in [0.2, 0.25) is 0 Å². The number of anilines is 3. The number of rotatable bonds is 6. The van der Waals surface area contributed by atoms with Crippen LogP contribution in [0.3, 0.4) is 0 Å². The topological polar surface area (TPSA) is 114 Å². The number of nitro groups is 1. The van der Waals surface area contributed by atoms with E-state index in [4.69, 9.17) is 9.47 Å². The van der Waals surface area contributed by atoms with Crippen molar-refractivity contribution in [3.63, 3.8) is 0 Å². The lowest BCUT2D eigenvalue weighted by Gasteiger charge is -2.30. The second-order valence-corrected chi connectivity index (χ2v) is 7.93. The highest BCUT2D eigenvalue weighted by Gasteiger charge is 2.25. The number of methoxy groups -OCH3 is 1. The summed E-state index contributed by atoms with van der Waals surface area (Å²) in [7, 11) is 1.29. The van der Waals surface area contributed by atoms with Gasteiger partial charge in [-0.2, -0.15) is 0 Å². The van der Waals surface area contributed by atoms with Gasteiger partial charge in [-0.05, 0) is 43.2 Å². The number of hydrogen-bond donors (Lipinski definition) is 1. The van der Waals surface area contributed by atoms with Crippen LogP contribution < -0.4 is 15.1 Å². The Balaban J connectivity index is 1.64. The molecule has 0 unspecified atom stereocenters. The Hall–Kier alpha value is -3.66. The molecule has 10 nitrogen and oxygen atoms in total. The maximum atomic E-state index is 13.1. The molecule has 4 rings (SSSR count). The van der Waals surface area contributed by atoms with E-state index < -0.39 is 16.8 Å². The molecule has 1 N–H and O–H groups in total. The fourth-order valence-electron chi connectivity index (χ4n) is 4.19. The average Bonchev–Trinajstić information content (AvgIpc) is 3.38. The van der Waals surface area contributed by atoms with Gasteiger partial charge in [0.05, 0.1) is 42.2 Å². The summed E-state index contributed by atoms with van der Waals surface area (Å²) >= 11 is 0. The van der Waals surface area contributed by atoms with Crippen molar-refractivity contribution in [2.45, 2.75) is 12.8 Å². The zero-order valence-electron chi connectivity index (χ0n) is 18.4. The molecule has 2 fully saturated rings. The SMILES string of the molecule is COC(=O)c1ccc(N2CCOCC2)c(NC(=O)c2ccc(N3CCCC3)c([N+](=O)[O-])c2)c1. The Bertz CT molecular complexity index is 1060. The van der Waals surface area contributed by atoms with Crippen LogP contribution in [0.2, 0.25) is 0 Å². The first-order valence-corrected chi connectivity index (χ1v) is 10.9. The molecule has 2 aromatic rings. The van der Waals surface area contributed by atoms with E-state index in [9.17, 15) is 19.7 Å². The number of ether oxygens (including phenoxy) is 2. The maximum Gasteiger partial charge on any atom is 0.337 e. The molecule has 174 valence electrons. The molecular formula is C23H26N4O6. The molecule has 0 aromatic heterocycles. The van der Waals surface area contributed by atoms with Gasteiger partial charge in [-0.1, -0.05) is 0 Å². The van der Waals surface area contributed by atoms with Gasteiger partial charge in [-0.15, -0.1) is 0 Å². The van der Waals surface area contributed by atoms with Crippen molar-refractivity contribution in [3.05, 3.63) is 57.6 Å². The van der Waals surface area contributed by atoms with E-state index in [1.807, 2.05) is 4.90 Å². The van der Waals surface area contributed by atoms with Crippen molar-refractivity contribution in [1.29, 1.82) is 0 Å². The van der Waals surface area contributed by atoms with Crippen molar-refractivity contribution < 1.29 is 24.0 Å². The molecule has 0 saturated carbocycles. The van der Waals surface area contributed by atoms with Gasteiger partial charge >= 0.3 is 5.97 Å². The predicted octanol–water partition coefficient (Wildman–Crippen LogP) is 3.07. The fourth-order valence-corrected chi connectivity index (χ4v) is 4.19. The summed E-state index contributed by atoms with van der Waals surface area (Å²) in [5, 5.41) is 14.5. The van der Waals surface area contributed by atoms with Crippen LogP contribution in [0.4, 0.5) is 22.7 Å². The number of carbonyl (C=O) groups is 2. The van der Waals surface area contributed by atoms with Gasteiger partial charge in [0.1, 0.15) is 5.69 Å². The summed E-state index contributed by atoms with van der Waals surface area (Å²) in [6.45, 7) is 3.89. The fraction of sp³-hybridized carbons (Fsp3) is 0.391. The largest absolute Gasteiger partial charge is 0.465 e. The predicted molar refractivity (Wildman–Crippen MR) is 123 cm³/mol. The number of carbonyl (C=O) groups excluding carboxylic acids is 2. The van der Waals surface area contributed by atoms with Gasteiger partial charge in [0, 0.05) is 37.8 Å². The maximum absolute atomic E-state index is 13.1. The van der Waals surface area contributed by atoms with Crippen molar-refractivity contribution in [1.82, 2.24) is 0 Å². The van der Waals surface area contributed by atoms with E-state index in [-0.39, 0.29) is 11.3 Å². The minimum absolute atomic E-state index is 0.0961. The Morgan fingerprint density at radius 1 is 0.970 bits per heavy atom. The van der Waals surface area contributed by atoms with Crippen LogP contribution in [-0.2, 0) is 9.47 Å². The monoisotopic (exact) mass is 454 g/mol. The van der Waals surface area contributed by atoms with Crippen LogP contribution in [0.5, 0.6) is 0 Å². The Labute approximate surface area is 191 Å². The van der Waals surface area contributed by atoms with Crippen LogP contribution in [-0.4, -0.2) is 63.3 Å². The lowest BCUT2D eigenvalue weighted by molar-refractivity contribution is -0.384. The van der Waals surface area contributed by atoms with Gasteiger partial charge < -0.3 is 24.6 Å². The van der Waals surface area contributed by atoms with Crippen LogP contribution in [0, 0.1) is 10.1 Å². The molecule has 0 bridgehead atoms. The summed E-state index contributed by atoms with van der Waals surface area (Å²) in [6, 6.07) is 9.48. The lowest BCUT2D eigenvalue weighted by atomic mass is 10.1. The number of esters is 1. The molecule has 2 aromatic carbocycles. The third-order valence-corrected chi connectivity index (χ3v) is 5.90. The summed E-state index contributed by atoms with van der Waals surface area (Å²) in [5.74, 6) is -1.02. The van der Waals surface area contributed by atoms with Crippen LogP contribution in [0.15, 0.2) is 36.4 Å². The molecule has 33 heavy (non-hydrogen) atoms. The highest BCUT2D eigenvalue weighted by Crippen LogP contribution is 2.33. The van der Waals surface area contributed by atoms with E-state index in [1.54, 1.807) is 30.3 Å². The molecule has 0 radical (unpaired) electrons.